The van der Waals surface area contributed by atoms with Gasteiger partial charge in [-0.15, -0.1) is 0 Å². The maximum atomic E-state index is 12.4. The van der Waals surface area contributed by atoms with Crippen LogP contribution in [0.1, 0.15) is 16.8 Å². The number of aliphatic carboxylic acids is 1. The van der Waals surface area contributed by atoms with Crippen LogP contribution in [0.4, 0.5) is 0 Å². The first-order chi connectivity index (χ1) is 11.0. The molecule has 1 aromatic carbocycles. The van der Waals surface area contributed by atoms with E-state index in [-0.39, 0.29) is 12.5 Å². The molecule has 1 saturated heterocycles. The lowest BCUT2D eigenvalue weighted by Gasteiger charge is -2.14. The highest BCUT2D eigenvalue weighted by atomic mass is 35.5. The van der Waals surface area contributed by atoms with Crippen molar-refractivity contribution in [2.24, 2.45) is 5.92 Å². The van der Waals surface area contributed by atoms with E-state index in [1.807, 2.05) is 0 Å². The third-order valence-electron chi connectivity index (χ3n) is 3.81. The zero-order valence-corrected chi connectivity index (χ0v) is 13.5. The van der Waals surface area contributed by atoms with Gasteiger partial charge in [-0.1, -0.05) is 23.2 Å². The largest absolute Gasteiger partial charge is 0.481 e. The number of amides is 1. The predicted octanol–water partition coefficient (Wildman–Crippen LogP) is 2.73. The molecule has 0 bridgehead atoms. The molecule has 1 aromatic heterocycles. The molecule has 1 N–H and O–H groups in total. The van der Waals surface area contributed by atoms with Gasteiger partial charge in [0.05, 0.1) is 28.4 Å². The van der Waals surface area contributed by atoms with Gasteiger partial charge in [-0.3, -0.25) is 9.59 Å². The molecular formula is C15H13Cl2N3O3. The standard InChI is InChI=1S/C15H13Cl2N3O3/c16-11-1-2-13(12(17)5-11)20-8-10(6-18-20)14(21)19-4-3-9(7-19)15(22)23/h1-2,5-6,8-9H,3-4,7H2,(H,22,23). The average molecular weight is 354 g/mol. The zero-order chi connectivity index (χ0) is 16.6. The van der Waals surface area contributed by atoms with Gasteiger partial charge in [-0.05, 0) is 24.6 Å². The SMILES string of the molecule is O=C(O)C1CCN(C(=O)c2cnn(-c3ccc(Cl)cc3Cl)c2)C1. The number of nitrogens with zero attached hydrogens (tertiary/aromatic N) is 3. The van der Waals surface area contributed by atoms with E-state index in [0.717, 1.165) is 0 Å². The Morgan fingerprint density at radius 1 is 1.30 bits per heavy atom. The minimum Gasteiger partial charge on any atom is -0.481 e. The summed E-state index contributed by atoms with van der Waals surface area (Å²) in [6.45, 7) is 0.656. The Morgan fingerprint density at radius 3 is 2.74 bits per heavy atom. The number of aromatic nitrogens is 2. The Labute approximate surface area is 142 Å². The Morgan fingerprint density at radius 2 is 2.09 bits per heavy atom. The molecular weight excluding hydrogens is 341 g/mol. The second-order valence-corrected chi connectivity index (χ2v) is 6.19. The number of carbonyl (C=O) groups is 2. The Bertz CT molecular complexity index is 775. The van der Waals surface area contributed by atoms with Crippen LogP contribution < -0.4 is 0 Å². The van der Waals surface area contributed by atoms with Crippen LogP contribution in [0, 0.1) is 5.92 Å². The van der Waals surface area contributed by atoms with Crippen LogP contribution in [0.5, 0.6) is 0 Å². The fourth-order valence-corrected chi connectivity index (χ4v) is 3.06. The number of rotatable bonds is 3. The van der Waals surface area contributed by atoms with E-state index < -0.39 is 11.9 Å². The van der Waals surface area contributed by atoms with Crippen molar-refractivity contribution < 1.29 is 14.7 Å². The third kappa shape index (κ3) is 3.18. The number of benzene rings is 1. The molecule has 8 heteroatoms. The van der Waals surface area contributed by atoms with E-state index in [0.29, 0.717) is 34.3 Å². The van der Waals surface area contributed by atoms with Crippen molar-refractivity contribution in [2.75, 3.05) is 13.1 Å². The second-order valence-electron chi connectivity index (χ2n) is 5.34. The van der Waals surface area contributed by atoms with Crippen LogP contribution in [0.15, 0.2) is 30.6 Å². The van der Waals surface area contributed by atoms with Gasteiger partial charge in [-0.25, -0.2) is 4.68 Å². The second kappa shape index (κ2) is 6.22. The molecule has 120 valence electrons. The van der Waals surface area contributed by atoms with Crippen molar-refractivity contribution in [3.05, 3.63) is 46.2 Å². The van der Waals surface area contributed by atoms with Crippen molar-refractivity contribution in [1.82, 2.24) is 14.7 Å². The van der Waals surface area contributed by atoms with Crippen LogP contribution in [0.3, 0.4) is 0 Å². The zero-order valence-electron chi connectivity index (χ0n) is 11.9. The van der Waals surface area contributed by atoms with E-state index >= 15 is 0 Å². The smallest absolute Gasteiger partial charge is 0.308 e. The summed E-state index contributed by atoms with van der Waals surface area (Å²) >= 11 is 12.0. The van der Waals surface area contributed by atoms with Gasteiger partial charge in [0.25, 0.3) is 5.91 Å². The lowest BCUT2D eigenvalue weighted by Crippen LogP contribution is -2.29. The molecule has 1 aliphatic rings. The molecule has 1 fully saturated rings. The van der Waals surface area contributed by atoms with E-state index in [9.17, 15) is 9.59 Å². The molecule has 1 unspecified atom stereocenters. The summed E-state index contributed by atoms with van der Waals surface area (Å²) in [6, 6.07) is 4.99. The number of carboxylic acid groups (broad SMARTS) is 1. The molecule has 0 spiro atoms. The van der Waals surface area contributed by atoms with Crippen molar-refractivity contribution >= 4 is 35.1 Å². The summed E-state index contributed by atoms with van der Waals surface area (Å²) < 4.78 is 1.50. The van der Waals surface area contributed by atoms with Crippen LogP contribution in [0.2, 0.25) is 10.0 Å². The molecule has 6 nitrogen and oxygen atoms in total. The van der Waals surface area contributed by atoms with Gasteiger partial charge in [0.1, 0.15) is 0 Å². The first kappa shape index (κ1) is 15.8. The Kier molecular flexibility index (Phi) is 4.28. The lowest BCUT2D eigenvalue weighted by atomic mass is 10.1. The number of halogens is 2. The third-order valence-corrected chi connectivity index (χ3v) is 4.35. The van der Waals surface area contributed by atoms with Crippen LogP contribution in [-0.4, -0.2) is 44.8 Å². The first-order valence-electron chi connectivity index (χ1n) is 6.98. The molecule has 0 aliphatic carbocycles. The highest BCUT2D eigenvalue weighted by molar-refractivity contribution is 6.35. The Balaban J connectivity index is 1.79. The number of hydrogen-bond donors (Lipinski definition) is 1. The number of likely N-dealkylation sites (tertiary alicyclic amines) is 1. The summed E-state index contributed by atoms with van der Waals surface area (Å²) in [5, 5.41) is 14.1. The number of carboxylic acids is 1. The monoisotopic (exact) mass is 353 g/mol. The molecule has 0 saturated carbocycles. The summed E-state index contributed by atoms with van der Waals surface area (Å²) in [6.07, 6.45) is 3.49. The fraction of sp³-hybridized carbons (Fsp3) is 0.267. The first-order valence-corrected chi connectivity index (χ1v) is 7.73. The normalized spacial score (nSPS) is 17.5. The molecule has 1 aliphatic heterocycles. The highest BCUT2D eigenvalue weighted by Gasteiger charge is 2.31. The Hall–Kier alpha value is -2.05. The highest BCUT2D eigenvalue weighted by Crippen LogP contribution is 2.25. The van der Waals surface area contributed by atoms with E-state index in [4.69, 9.17) is 28.3 Å². The van der Waals surface area contributed by atoms with Gasteiger partial charge in [0.15, 0.2) is 0 Å². The molecule has 1 atom stereocenters. The summed E-state index contributed by atoms with van der Waals surface area (Å²) in [5.41, 5.74) is 1.00. The maximum Gasteiger partial charge on any atom is 0.308 e. The van der Waals surface area contributed by atoms with Crippen molar-refractivity contribution in [3.63, 3.8) is 0 Å². The molecule has 23 heavy (non-hydrogen) atoms. The number of carbonyl (C=O) groups excluding carboxylic acids is 1. The van der Waals surface area contributed by atoms with Crippen LogP contribution >= 0.6 is 23.2 Å². The lowest BCUT2D eigenvalue weighted by molar-refractivity contribution is -0.141. The van der Waals surface area contributed by atoms with Gasteiger partial charge in [0, 0.05) is 24.3 Å². The molecule has 1 amide bonds. The molecule has 3 rings (SSSR count). The van der Waals surface area contributed by atoms with E-state index in [1.165, 1.54) is 15.8 Å². The van der Waals surface area contributed by atoms with Gasteiger partial charge >= 0.3 is 5.97 Å². The quantitative estimate of drug-likeness (QED) is 0.920. The van der Waals surface area contributed by atoms with Gasteiger partial charge in [-0.2, -0.15) is 5.10 Å². The van der Waals surface area contributed by atoms with Crippen molar-refractivity contribution in [2.45, 2.75) is 6.42 Å². The maximum absolute atomic E-state index is 12.4. The fourth-order valence-electron chi connectivity index (χ4n) is 2.56. The summed E-state index contributed by atoms with van der Waals surface area (Å²) in [5.74, 6) is -1.60. The average Bonchev–Trinajstić information content (AvgIpc) is 3.16. The minimum absolute atomic E-state index is 0.223. The van der Waals surface area contributed by atoms with E-state index in [1.54, 1.807) is 24.4 Å². The van der Waals surface area contributed by atoms with Crippen molar-refractivity contribution in [3.8, 4) is 5.69 Å². The summed E-state index contributed by atoms with van der Waals surface area (Å²) in [4.78, 5) is 24.9. The van der Waals surface area contributed by atoms with E-state index in [2.05, 4.69) is 5.10 Å². The molecule has 2 aromatic rings. The van der Waals surface area contributed by atoms with Crippen LogP contribution in [0.25, 0.3) is 5.69 Å². The van der Waals surface area contributed by atoms with Gasteiger partial charge < -0.3 is 10.0 Å². The van der Waals surface area contributed by atoms with Crippen molar-refractivity contribution in [1.29, 1.82) is 0 Å². The number of hydrogen-bond acceptors (Lipinski definition) is 3. The molecule has 2 heterocycles. The molecule has 0 radical (unpaired) electrons. The summed E-state index contributed by atoms with van der Waals surface area (Å²) in [7, 11) is 0. The predicted molar refractivity (Wildman–Crippen MR) is 85.2 cm³/mol. The topological polar surface area (TPSA) is 75.4 Å². The minimum atomic E-state index is -0.871. The van der Waals surface area contributed by atoms with Gasteiger partial charge in [0.2, 0.25) is 0 Å². The van der Waals surface area contributed by atoms with Crippen LogP contribution in [-0.2, 0) is 4.79 Å².